The number of para-hydroxylation sites is 5. The third-order valence-corrected chi connectivity index (χ3v) is 24.4. The van der Waals surface area contributed by atoms with Gasteiger partial charge < -0.3 is 18.9 Å². The number of benzene rings is 20. The molecule has 0 unspecified atom stereocenters. The Morgan fingerprint density at radius 3 is 0.826 bits per heavy atom. The van der Waals surface area contributed by atoms with Gasteiger partial charge in [-0.1, -0.05) is 342 Å². The van der Waals surface area contributed by atoms with Crippen LogP contribution in [0, 0.1) is 6.92 Å². The van der Waals surface area contributed by atoms with E-state index in [1.807, 2.05) is 0 Å². The number of aryl methyl sites for hydroxylation is 1. The molecule has 574 valence electrons. The third kappa shape index (κ3) is 13.3. The number of hydrogen-bond acceptors (Lipinski definition) is 2. The lowest BCUT2D eigenvalue weighted by Crippen LogP contribution is -2.11. The van der Waals surface area contributed by atoms with E-state index in [9.17, 15) is 0 Å². The topological polar surface area (TPSA) is 16.3 Å². The first-order valence-electron chi connectivity index (χ1n) is 42.0. The van der Waals surface area contributed by atoms with Gasteiger partial charge in [-0.2, -0.15) is 0 Å². The van der Waals surface area contributed by atoms with Crippen molar-refractivity contribution in [1.82, 2.24) is 9.13 Å². The van der Waals surface area contributed by atoms with Gasteiger partial charge in [0.05, 0.1) is 22.1 Å². The molecule has 0 aliphatic rings. The Morgan fingerprint density at radius 1 is 0.190 bits per heavy atom. The van der Waals surface area contributed by atoms with Crippen molar-refractivity contribution in [3.63, 3.8) is 0 Å². The van der Waals surface area contributed by atoms with Gasteiger partial charge in [0.2, 0.25) is 0 Å². The van der Waals surface area contributed by atoms with Crippen LogP contribution in [0.15, 0.2) is 449 Å². The normalized spacial score (nSPS) is 11.6. The zero-order valence-corrected chi connectivity index (χ0v) is 68.0. The molecule has 0 spiro atoms. The first kappa shape index (κ1) is 73.3. The van der Waals surface area contributed by atoms with Crippen LogP contribution < -0.4 is 9.80 Å². The van der Waals surface area contributed by atoms with Crippen LogP contribution in [-0.4, -0.2) is 9.13 Å². The van der Waals surface area contributed by atoms with Crippen LogP contribution in [-0.2, 0) is 5.41 Å². The van der Waals surface area contributed by atoms with Crippen LogP contribution in [0.25, 0.3) is 165 Å². The Balaban J connectivity index is 0.000000150. The second kappa shape index (κ2) is 30.9. The monoisotopic (exact) mass is 1550 g/mol. The van der Waals surface area contributed by atoms with E-state index in [4.69, 9.17) is 0 Å². The fourth-order valence-corrected chi connectivity index (χ4v) is 18.7. The van der Waals surface area contributed by atoms with Crippen molar-refractivity contribution < 1.29 is 0 Å². The molecule has 22 rings (SSSR count). The second-order valence-corrected chi connectivity index (χ2v) is 32.7. The smallest absolute Gasteiger partial charge is 0.0541 e. The first-order valence-corrected chi connectivity index (χ1v) is 42.0. The highest BCUT2D eigenvalue weighted by Crippen LogP contribution is 2.49. The number of anilines is 6. The summed E-state index contributed by atoms with van der Waals surface area (Å²) < 4.78 is 4.82. The third-order valence-electron chi connectivity index (χ3n) is 24.4. The molecule has 0 fully saturated rings. The predicted octanol–water partition coefficient (Wildman–Crippen LogP) is 32.7. The molecule has 4 nitrogen and oxygen atoms in total. The van der Waals surface area contributed by atoms with Crippen LogP contribution in [0.5, 0.6) is 0 Å². The highest BCUT2D eigenvalue weighted by Gasteiger charge is 2.24. The van der Waals surface area contributed by atoms with Crippen molar-refractivity contribution in [2.75, 3.05) is 9.80 Å². The number of nitrogens with zero attached hydrogens (tertiary/aromatic N) is 4. The summed E-state index contributed by atoms with van der Waals surface area (Å²) in [6.45, 7) is 9.02. The van der Waals surface area contributed by atoms with E-state index in [-0.39, 0.29) is 5.41 Å². The molecule has 20 aromatic carbocycles. The summed E-state index contributed by atoms with van der Waals surface area (Å²) in [7, 11) is 0. The summed E-state index contributed by atoms with van der Waals surface area (Å²) in [5.74, 6) is 0. The molecule has 0 saturated heterocycles. The summed E-state index contributed by atoms with van der Waals surface area (Å²) in [6.07, 6.45) is 0. The molecular weight excluding hydrogens is 1460 g/mol. The van der Waals surface area contributed by atoms with Crippen molar-refractivity contribution in [3.05, 3.63) is 460 Å². The minimum atomic E-state index is 0.0637. The molecule has 0 radical (unpaired) electrons. The average Bonchev–Trinajstić information content (AvgIpc) is 1.68. The molecule has 0 saturated carbocycles. The quantitative estimate of drug-likeness (QED) is 0.101. The Labute approximate surface area is 706 Å². The van der Waals surface area contributed by atoms with Gasteiger partial charge in [-0.15, -0.1) is 0 Å². The first-order chi connectivity index (χ1) is 59.6. The maximum Gasteiger partial charge on any atom is 0.0541 e. The van der Waals surface area contributed by atoms with Crippen molar-refractivity contribution in [3.8, 4) is 78.1 Å². The van der Waals surface area contributed by atoms with Gasteiger partial charge in [-0.25, -0.2) is 0 Å². The van der Waals surface area contributed by atoms with Crippen LogP contribution in [0.4, 0.5) is 34.1 Å². The number of rotatable bonds is 14. The maximum absolute atomic E-state index is 2.42. The minimum absolute atomic E-state index is 0.0637. The van der Waals surface area contributed by atoms with Crippen LogP contribution >= 0.6 is 0 Å². The second-order valence-electron chi connectivity index (χ2n) is 32.7. The van der Waals surface area contributed by atoms with E-state index in [0.717, 1.165) is 34.1 Å². The fourth-order valence-electron chi connectivity index (χ4n) is 18.7. The molecule has 121 heavy (non-hydrogen) atoms. The van der Waals surface area contributed by atoms with Gasteiger partial charge in [0.25, 0.3) is 0 Å². The molecule has 0 amide bonds. The number of fused-ring (bicyclic) bond motifs is 10. The lowest BCUT2D eigenvalue weighted by Gasteiger charge is -2.26. The van der Waals surface area contributed by atoms with Crippen molar-refractivity contribution in [2.24, 2.45) is 0 Å². The summed E-state index contributed by atoms with van der Waals surface area (Å²) >= 11 is 0. The summed E-state index contributed by atoms with van der Waals surface area (Å²) in [4.78, 5) is 4.70. The fraction of sp³-hybridized carbons (Fsp3) is 0.0427. The van der Waals surface area contributed by atoms with E-state index in [0.29, 0.717) is 0 Å². The molecule has 0 atom stereocenters. The molecule has 2 heterocycles. The summed E-state index contributed by atoms with van der Waals surface area (Å²) in [5, 5.41) is 15.1. The SMILES string of the molecule is CC(C)(C)c1cccc(-n2c3ccccc3c3cc(-c4ccc(N(c5ccccc5)c5ccc(-c6c7ccccc7c(-c7ccccc7)c7ccccc67)cc5)cc4)ccc32)c1.Cc1ccccc1-n1c2ccccc2c2cc(-c3ccc(N(c4ccccc4)c4ccc(-c5c6ccccc6c(-c6ccccc6)c6ccccc56)cc4)cc3)ccc21. The number of aromatic nitrogens is 2. The molecular formula is C117H86N4. The van der Waals surface area contributed by atoms with E-state index < -0.39 is 0 Å². The van der Waals surface area contributed by atoms with Gasteiger partial charge in [-0.3, -0.25) is 0 Å². The number of hydrogen-bond donors (Lipinski definition) is 0. The van der Waals surface area contributed by atoms with Gasteiger partial charge in [0.15, 0.2) is 0 Å². The van der Waals surface area contributed by atoms with Crippen LogP contribution in [0.3, 0.4) is 0 Å². The Kier molecular flexibility index (Phi) is 18.7. The average molecular weight is 1550 g/mol. The Morgan fingerprint density at radius 2 is 0.463 bits per heavy atom. The largest absolute Gasteiger partial charge is 0.311 e. The van der Waals surface area contributed by atoms with E-state index in [1.165, 1.54) is 176 Å². The molecule has 0 aliphatic heterocycles. The van der Waals surface area contributed by atoms with Crippen LogP contribution in [0.2, 0.25) is 0 Å². The molecule has 0 bridgehead atoms. The maximum atomic E-state index is 2.42. The summed E-state index contributed by atoms with van der Waals surface area (Å²) in [5.41, 5.74) is 31.3. The van der Waals surface area contributed by atoms with Crippen molar-refractivity contribution >= 4 is 121 Å². The minimum Gasteiger partial charge on any atom is -0.311 e. The van der Waals surface area contributed by atoms with E-state index >= 15 is 0 Å². The van der Waals surface area contributed by atoms with E-state index in [2.05, 4.69) is 496 Å². The standard InChI is InChI=1S/C60H46N2.C57H40N2/c1-60(2,3)45-19-16-22-49(40-45)62-56-28-15-14-23-50(56)55-39-44(33-38-57(55)62)41-29-34-47(35-30-41)61(46-20-8-5-9-21-46)48-36-31-43(32-37-48)59-53-26-12-10-24-51(53)58(42-17-6-4-7-18-42)52-25-11-13-27-54(52)59;1-39-16-8-14-26-53(39)59-54-27-15-13-21-47(54)52-38-43(32-37-55(52)59)40-28-33-45(34-29-40)58(44-19-6-3-7-20-44)46-35-30-42(31-36-46)57-50-24-11-9-22-48(50)56(41-17-4-2-5-18-41)49-23-10-12-25-51(49)57/h4-40H,1-3H3;2-38H,1H3. The van der Waals surface area contributed by atoms with Crippen molar-refractivity contribution in [1.29, 1.82) is 0 Å². The van der Waals surface area contributed by atoms with Crippen molar-refractivity contribution in [2.45, 2.75) is 33.1 Å². The van der Waals surface area contributed by atoms with Crippen LogP contribution in [0.1, 0.15) is 31.9 Å². The lowest BCUT2D eigenvalue weighted by molar-refractivity contribution is 0.590. The summed E-state index contributed by atoms with van der Waals surface area (Å²) in [6, 6.07) is 164. The Hall–Kier alpha value is -15.4. The predicted molar refractivity (Wildman–Crippen MR) is 517 cm³/mol. The van der Waals surface area contributed by atoms with Gasteiger partial charge in [0, 0.05) is 67.0 Å². The highest BCUT2D eigenvalue weighted by molar-refractivity contribution is 6.23. The molecule has 0 aliphatic carbocycles. The molecule has 22 aromatic rings. The zero-order chi connectivity index (χ0) is 81.1. The molecule has 2 aromatic heterocycles. The zero-order valence-electron chi connectivity index (χ0n) is 68.0. The molecule has 0 N–H and O–H groups in total. The highest BCUT2D eigenvalue weighted by atomic mass is 15.1. The lowest BCUT2D eigenvalue weighted by atomic mass is 9.86. The van der Waals surface area contributed by atoms with Gasteiger partial charge in [-0.05, 0) is 261 Å². The van der Waals surface area contributed by atoms with Gasteiger partial charge >= 0.3 is 0 Å². The molecule has 4 heteroatoms. The Bertz CT molecular complexity index is 7520. The van der Waals surface area contributed by atoms with E-state index in [1.54, 1.807) is 0 Å². The van der Waals surface area contributed by atoms with Gasteiger partial charge in [0.1, 0.15) is 0 Å².